The third kappa shape index (κ3) is 9.82. The molecule has 2 amide bonds. The van der Waals surface area contributed by atoms with E-state index in [1.54, 1.807) is 25.1 Å². The van der Waals surface area contributed by atoms with Crippen molar-refractivity contribution < 1.29 is 22.7 Å². The summed E-state index contributed by atoms with van der Waals surface area (Å²) in [6.45, 7) is 16.1. The van der Waals surface area contributed by atoms with Crippen LogP contribution in [0.4, 0.5) is 5.82 Å². The van der Waals surface area contributed by atoms with E-state index in [1.165, 1.54) is 4.31 Å². The highest BCUT2D eigenvalue weighted by Gasteiger charge is 2.37. The third-order valence-corrected chi connectivity index (χ3v) is 9.64. The van der Waals surface area contributed by atoms with E-state index in [2.05, 4.69) is 29.5 Å². The minimum absolute atomic E-state index is 0. The number of carbonyl (C=O) groups excluding carboxylic acids is 2. The molecular weight excluding hydrogens is 570 g/mol. The number of piperidine rings is 1. The molecule has 12 nitrogen and oxygen atoms in total. The summed E-state index contributed by atoms with van der Waals surface area (Å²) < 4.78 is 31.2. The first-order chi connectivity index (χ1) is 19.8. The van der Waals surface area contributed by atoms with Crippen molar-refractivity contribution in [2.24, 2.45) is 11.8 Å². The van der Waals surface area contributed by atoms with Crippen LogP contribution in [0.15, 0.2) is 6.20 Å². The Morgan fingerprint density at radius 2 is 1.86 bits per heavy atom. The predicted octanol–water partition coefficient (Wildman–Crippen LogP) is 2.43. The zero-order valence-electron chi connectivity index (χ0n) is 26.5. The Kier molecular flexibility index (Phi) is 13.8. The fraction of sp³-hybridized carbons (Fsp3) is 0.800. The molecule has 2 N–H and O–H groups in total. The Balaban J connectivity index is 0.00000645. The zero-order chi connectivity index (χ0) is 31.1. The fourth-order valence-electron chi connectivity index (χ4n) is 5.38. The summed E-state index contributed by atoms with van der Waals surface area (Å²) >= 11 is 0. The molecule has 0 saturated carbocycles. The lowest BCUT2D eigenvalue weighted by Gasteiger charge is -2.41. The summed E-state index contributed by atoms with van der Waals surface area (Å²) in [5, 5.41) is 6.73. The highest BCUT2D eigenvalue weighted by atomic mass is 32.2. The number of nitrogens with one attached hydrogen (secondary N) is 2. The number of anilines is 1. The van der Waals surface area contributed by atoms with Gasteiger partial charge in [-0.25, -0.2) is 18.4 Å². The lowest BCUT2D eigenvalue weighted by Crippen LogP contribution is -2.57. The SMILES string of the molecule is C.CCS(=O)(=O)N1CCN(C(=O)[C@H]2CNC[C@@H](N(CC(C)C)C(=O)c3cnc(C(C)(C)C)nc3NCCCOC)C2)CC1. The smallest absolute Gasteiger partial charge is 0.259 e. The molecule has 0 bridgehead atoms. The summed E-state index contributed by atoms with van der Waals surface area (Å²) in [6, 6.07) is -0.187. The molecular formula is C30H55N7O5S. The average Bonchev–Trinajstić information content (AvgIpc) is 2.97. The van der Waals surface area contributed by atoms with E-state index >= 15 is 0 Å². The number of methoxy groups -OCH3 is 1. The fourth-order valence-corrected chi connectivity index (χ4v) is 6.46. The van der Waals surface area contributed by atoms with Gasteiger partial charge in [-0.2, -0.15) is 4.31 Å². The number of aromatic nitrogens is 2. The van der Waals surface area contributed by atoms with Gasteiger partial charge >= 0.3 is 0 Å². The van der Waals surface area contributed by atoms with Gasteiger partial charge in [0.25, 0.3) is 5.91 Å². The van der Waals surface area contributed by atoms with Gasteiger partial charge in [0.15, 0.2) is 0 Å². The normalized spacial score (nSPS) is 20.0. The largest absolute Gasteiger partial charge is 0.385 e. The lowest BCUT2D eigenvalue weighted by molar-refractivity contribution is -0.137. The van der Waals surface area contributed by atoms with Crippen LogP contribution in [0, 0.1) is 11.8 Å². The Labute approximate surface area is 259 Å². The maximum absolute atomic E-state index is 14.2. The Morgan fingerprint density at radius 1 is 1.19 bits per heavy atom. The monoisotopic (exact) mass is 625 g/mol. The van der Waals surface area contributed by atoms with Gasteiger partial charge in [-0.05, 0) is 25.7 Å². The second kappa shape index (κ2) is 16.1. The molecule has 2 aliphatic rings. The molecule has 0 aliphatic carbocycles. The van der Waals surface area contributed by atoms with Crippen LogP contribution in [0.2, 0.25) is 0 Å². The van der Waals surface area contributed by atoms with Crippen molar-refractivity contribution in [2.45, 2.75) is 73.3 Å². The predicted molar refractivity (Wildman–Crippen MR) is 171 cm³/mol. The molecule has 3 rings (SSSR count). The lowest BCUT2D eigenvalue weighted by atomic mass is 9.92. The van der Waals surface area contributed by atoms with E-state index in [4.69, 9.17) is 9.72 Å². The second-order valence-corrected chi connectivity index (χ2v) is 15.0. The highest BCUT2D eigenvalue weighted by molar-refractivity contribution is 7.89. The maximum Gasteiger partial charge on any atom is 0.259 e. The molecule has 1 aromatic rings. The molecule has 2 saturated heterocycles. The van der Waals surface area contributed by atoms with E-state index in [0.717, 1.165) is 6.42 Å². The van der Waals surface area contributed by atoms with Gasteiger partial charge < -0.3 is 25.2 Å². The maximum atomic E-state index is 14.2. The molecule has 1 aromatic heterocycles. The number of carbonyl (C=O) groups is 2. The summed E-state index contributed by atoms with van der Waals surface area (Å²) in [5.74, 6) is 0.996. The Morgan fingerprint density at radius 3 is 2.44 bits per heavy atom. The van der Waals surface area contributed by atoms with Crippen molar-refractivity contribution in [3.63, 3.8) is 0 Å². The molecule has 13 heteroatoms. The first kappa shape index (κ1) is 36.8. The highest BCUT2D eigenvalue weighted by Crippen LogP contribution is 2.26. The molecule has 0 spiro atoms. The summed E-state index contributed by atoms with van der Waals surface area (Å²) in [5.41, 5.74) is 0.137. The van der Waals surface area contributed by atoms with Crippen LogP contribution in [0.5, 0.6) is 0 Å². The number of rotatable bonds is 12. The Hall–Kier alpha value is -2.35. The van der Waals surface area contributed by atoms with Crippen LogP contribution < -0.4 is 10.6 Å². The van der Waals surface area contributed by atoms with Crippen molar-refractivity contribution in [1.82, 2.24) is 29.4 Å². The minimum atomic E-state index is -3.27. The first-order valence-electron chi connectivity index (χ1n) is 15.2. The van der Waals surface area contributed by atoms with Crippen molar-refractivity contribution in [1.29, 1.82) is 0 Å². The number of hydrogen-bond donors (Lipinski definition) is 2. The molecule has 2 atom stereocenters. The number of nitrogens with zero attached hydrogens (tertiary/aromatic N) is 5. The van der Waals surface area contributed by atoms with Gasteiger partial charge in [0.2, 0.25) is 15.9 Å². The molecule has 0 unspecified atom stereocenters. The number of hydrogen-bond acceptors (Lipinski definition) is 9. The molecule has 0 radical (unpaired) electrons. The van der Waals surface area contributed by atoms with Crippen molar-refractivity contribution in [3.05, 3.63) is 17.6 Å². The standard InChI is InChI=1S/C29H51N7O5S.CH4/c1-8-42(39,40)35-13-11-34(12-14-35)26(37)22-16-23(18-30-17-22)36(20-21(2)3)27(38)24-19-32-28(29(4,5)6)33-25(24)31-10-9-15-41-7;/h19,21-23,30H,8-18,20H2,1-7H3,(H,31,32,33);1H4/t22-,23+;/m1./s1. The van der Waals surface area contributed by atoms with Crippen molar-refractivity contribution in [3.8, 4) is 0 Å². The minimum Gasteiger partial charge on any atom is -0.385 e. The second-order valence-electron chi connectivity index (χ2n) is 12.7. The van der Waals surface area contributed by atoms with Gasteiger partial charge in [0, 0.05) is 83.7 Å². The van der Waals surface area contributed by atoms with Gasteiger partial charge in [-0.15, -0.1) is 0 Å². The van der Waals surface area contributed by atoms with Gasteiger partial charge in [0.1, 0.15) is 17.2 Å². The van der Waals surface area contributed by atoms with Crippen LogP contribution in [-0.4, -0.2) is 122 Å². The van der Waals surface area contributed by atoms with Gasteiger partial charge in [-0.1, -0.05) is 42.0 Å². The number of ether oxygens (including phenoxy) is 1. The van der Waals surface area contributed by atoms with Crippen molar-refractivity contribution >= 4 is 27.7 Å². The average molecular weight is 626 g/mol. The topological polar surface area (TPSA) is 137 Å². The van der Waals surface area contributed by atoms with Crippen LogP contribution in [0.3, 0.4) is 0 Å². The van der Waals surface area contributed by atoms with E-state index in [9.17, 15) is 18.0 Å². The zero-order valence-corrected chi connectivity index (χ0v) is 27.3. The Bertz CT molecular complexity index is 1160. The summed E-state index contributed by atoms with van der Waals surface area (Å²) in [6.07, 6.45) is 2.93. The molecule has 0 aromatic carbocycles. The first-order valence-corrected chi connectivity index (χ1v) is 16.8. The molecule has 3 heterocycles. The molecule has 2 aliphatic heterocycles. The summed E-state index contributed by atoms with van der Waals surface area (Å²) in [4.78, 5) is 40.7. The van der Waals surface area contributed by atoms with E-state index in [0.29, 0.717) is 82.6 Å². The molecule has 43 heavy (non-hydrogen) atoms. The number of piperazine rings is 1. The van der Waals surface area contributed by atoms with E-state index in [1.807, 2.05) is 25.7 Å². The number of amides is 2. The van der Waals surface area contributed by atoms with Gasteiger partial charge in [-0.3, -0.25) is 9.59 Å². The quantitative estimate of drug-likeness (QED) is 0.336. The van der Waals surface area contributed by atoms with Crippen LogP contribution >= 0.6 is 0 Å². The van der Waals surface area contributed by atoms with Crippen molar-refractivity contribution in [2.75, 3.05) is 77.1 Å². The van der Waals surface area contributed by atoms with Crippen LogP contribution in [-0.2, 0) is 25.0 Å². The molecule has 246 valence electrons. The van der Waals surface area contributed by atoms with Crippen LogP contribution in [0.1, 0.15) is 78.0 Å². The third-order valence-electron chi connectivity index (χ3n) is 7.76. The molecule has 2 fully saturated rings. The van der Waals surface area contributed by atoms with Gasteiger partial charge in [0.05, 0.1) is 11.7 Å². The van der Waals surface area contributed by atoms with E-state index < -0.39 is 10.0 Å². The number of sulfonamides is 1. The van der Waals surface area contributed by atoms with Crippen LogP contribution in [0.25, 0.3) is 0 Å². The van der Waals surface area contributed by atoms with E-state index in [-0.39, 0.29) is 48.3 Å². The summed E-state index contributed by atoms with van der Waals surface area (Å²) in [7, 11) is -1.61.